The van der Waals surface area contributed by atoms with Crippen LogP contribution in [0.3, 0.4) is 0 Å². The molecular weight excluding hydrogens is 500 g/mol. The van der Waals surface area contributed by atoms with Crippen LogP contribution in [0.15, 0.2) is 81.8 Å². The number of halogens is 1. The Kier molecular flexibility index (Phi) is 7.08. The average molecular weight is 521 g/mol. The number of aryl methyl sites for hydroxylation is 1. The summed E-state index contributed by atoms with van der Waals surface area (Å²) in [5.74, 6) is -0.490. The van der Waals surface area contributed by atoms with Gasteiger partial charge in [-0.1, -0.05) is 75.7 Å². The predicted molar refractivity (Wildman–Crippen MR) is 131 cm³/mol. The highest BCUT2D eigenvalue weighted by atomic mass is 79.9. The number of aromatic nitrogens is 1. The van der Waals surface area contributed by atoms with Crippen molar-refractivity contribution < 1.29 is 24.0 Å². The Morgan fingerprint density at radius 3 is 2.53 bits per heavy atom. The molecule has 0 fully saturated rings. The third kappa shape index (κ3) is 5.52. The maximum absolute atomic E-state index is 12.4. The topological polar surface area (TPSA) is 102 Å². The molecule has 0 saturated heterocycles. The number of hydrogen-bond acceptors (Lipinski definition) is 5. The highest BCUT2D eigenvalue weighted by molar-refractivity contribution is 9.10. The van der Waals surface area contributed by atoms with Crippen LogP contribution >= 0.6 is 15.9 Å². The van der Waals surface area contributed by atoms with Gasteiger partial charge in [-0.05, 0) is 42.7 Å². The van der Waals surface area contributed by atoms with Crippen molar-refractivity contribution >= 4 is 33.7 Å². The van der Waals surface area contributed by atoms with Gasteiger partial charge in [0.15, 0.2) is 5.76 Å². The lowest BCUT2D eigenvalue weighted by Crippen LogP contribution is -2.14. The van der Waals surface area contributed by atoms with Crippen LogP contribution in [0.4, 0.5) is 10.5 Å². The molecule has 172 valence electrons. The summed E-state index contributed by atoms with van der Waals surface area (Å²) in [4.78, 5) is 23.6. The molecule has 2 N–H and O–H groups in total. The van der Waals surface area contributed by atoms with Gasteiger partial charge in [0.2, 0.25) is 0 Å². The Morgan fingerprint density at radius 1 is 1.03 bits per heavy atom. The zero-order valence-corrected chi connectivity index (χ0v) is 19.8. The molecule has 0 aliphatic heterocycles. The van der Waals surface area contributed by atoms with E-state index in [1.807, 2.05) is 54.6 Å². The van der Waals surface area contributed by atoms with Gasteiger partial charge < -0.3 is 14.4 Å². The number of nitrogens with one attached hydrogen (secondary N) is 1. The van der Waals surface area contributed by atoms with Crippen LogP contribution in [-0.4, -0.2) is 22.3 Å². The fourth-order valence-corrected chi connectivity index (χ4v) is 3.84. The van der Waals surface area contributed by atoms with E-state index in [4.69, 9.17) is 9.26 Å². The third-order valence-corrected chi connectivity index (χ3v) is 5.99. The first-order valence-corrected chi connectivity index (χ1v) is 11.2. The lowest BCUT2D eigenvalue weighted by Gasteiger charge is -2.09. The van der Waals surface area contributed by atoms with Crippen LogP contribution in [0.2, 0.25) is 0 Å². The first-order valence-electron chi connectivity index (χ1n) is 10.5. The Labute approximate surface area is 204 Å². The van der Waals surface area contributed by atoms with Crippen molar-refractivity contribution in [3.63, 3.8) is 0 Å². The second-order valence-corrected chi connectivity index (χ2v) is 8.49. The van der Waals surface area contributed by atoms with E-state index in [1.54, 1.807) is 25.1 Å². The fraction of sp³-hybridized carbons (Fsp3) is 0.115. The molecule has 34 heavy (non-hydrogen) atoms. The molecule has 0 aliphatic rings. The van der Waals surface area contributed by atoms with Gasteiger partial charge in [-0.25, -0.2) is 9.59 Å². The van der Waals surface area contributed by atoms with Crippen LogP contribution in [0, 0.1) is 6.92 Å². The van der Waals surface area contributed by atoms with Crippen LogP contribution < -0.4 is 5.32 Å². The monoisotopic (exact) mass is 520 g/mol. The van der Waals surface area contributed by atoms with Crippen molar-refractivity contribution in [2.24, 2.45) is 0 Å². The molecular formula is C26H21BrN2O5. The summed E-state index contributed by atoms with van der Waals surface area (Å²) in [6.07, 6.45) is -0.0237. The zero-order chi connectivity index (χ0) is 24.1. The minimum absolute atomic E-state index is 0.116. The standard InChI is InChI=1S/C26H21BrN2O5/c1-16-23(28-26(32)33-15-21-6-2-3-8-22(21)27)24(29-34-16)19-11-9-17(10-12-19)13-18-5-4-7-20(14-18)25(30)31/h2-12,14H,13,15H2,1H3,(H,28,32)(H,30,31). The number of ether oxygens (including phenoxy) is 1. The normalized spacial score (nSPS) is 10.6. The summed E-state index contributed by atoms with van der Waals surface area (Å²) in [7, 11) is 0. The molecule has 1 amide bonds. The summed E-state index contributed by atoms with van der Waals surface area (Å²) in [5.41, 5.74) is 4.72. The summed E-state index contributed by atoms with van der Waals surface area (Å²) in [5, 5.41) is 16.0. The number of rotatable bonds is 7. The van der Waals surface area contributed by atoms with Crippen LogP contribution in [0.25, 0.3) is 11.3 Å². The number of carbonyl (C=O) groups is 2. The van der Waals surface area contributed by atoms with E-state index in [1.165, 1.54) is 0 Å². The van der Waals surface area contributed by atoms with Crippen molar-refractivity contribution in [2.75, 3.05) is 5.32 Å². The van der Waals surface area contributed by atoms with Gasteiger partial charge in [0, 0.05) is 15.6 Å². The van der Waals surface area contributed by atoms with Gasteiger partial charge in [0.25, 0.3) is 0 Å². The quantitative estimate of drug-likeness (QED) is 0.290. The highest BCUT2D eigenvalue weighted by Crippen LogP contribution is 2.31. The number of carboxylic acids is 1. The van der Waals surface area contributed by atoms with E-state index in [9.17, 15) is 14.7 Å². The smallest absolute Gasteiger partial charge is 0.412 e. The lowest BCUT2D eigenvalue weighted by atomic mass is 10.0. The van der Waals surface area contributed by atoms with Gasteiger partial charge in [-0.3, -0.25) is 5.32 Å². The molecule has 0 bridgehead atoms. The number of amides is 1. The summed E-state index contributed by atoms with van der Waals surface area (Å²) in [6.45, 7) is 1.83. The van der Waals surface area contributed by atoms with Crippen molar-refractivity contribution in [2.45, 2.75) is 20.0 Å². The Balaban J connectivity index is 1.45. The SMILES string of the molecule is Cc1onc(-c2ccc(Cc3cccc(C(=O)O)c3)cc2)c1NC(=O)OCc1ccccc1Br. The van der Waals surface area contributed by atoms with Crippen LogP contribution in [0.5, 0.6) is 0 Å². The maximum atomic E-state index is 12.4. The van der Waals surface area contributed by atoms with Crippen LogP contribution in [0.1, 0.15) is 32.8 Å². The van der Waals surface area contributed by atoms with Crippen LogP contribution in [-0.2, 0) is 17.8 Å². The molecule has 4 aromatic rings. The number of benzene rings is 3. The van der Waals surface area contributed by atoms with Crippen molar-refractivity contribution in [1.82, 2.24) is 5.16 Å². The molecule has 0 saturated carbocycles. The van der Waals surface area contributed by atoms with Crippen molar-refractivity contribution in [1.29, 1.82) is 0 Å². The number of hydrogen-bond donors (Lipinski definition) is 2. The molecule has 1 heterocycles. The predicted octanol–water partition coefficient (Wildman–Crippen LogP) is 6.45. The number of carbonyl (C=O) groups excluding carboxylic acids is 1. The number of anilines is 1. The Morgan fingerprint density at radius 2 is 1.79 bits per heavy atom. The van der Waals surface area contributed by atoms with Gasteiger partial charge in [0.1, 0.15) is 18.0 Å². The third-order valence-electron chi connectivity index (χ3n) is 5.22. The molecule has 3 aromatic carbocycles. The van der Waals surface area contributed by atoms with Gasteiger partial charge in [-0.2, -0.15) is 0 Å². The van der Waals surface area contributed by atoms with E-state index >= 15 is 0 Å². The molecule has 8 heteroatoms. The molecule has 7 nitrogen and oxygen atoms in total. The molecule has 0 unspecified atom stereocenters. The van der Waals surface area contributed by atoms with E-state index in [-0.39, 0.29) is 12.2 Å². The molecule has 0 radical (unpaired) electrons. The summed E-state index contributed by atoms with van der Waals surface area (Å²) >= 11 is 3.43. The Bertz CT molecular complexity index is 1330. The number of aromatic carboxylic acids is 1. The van der Waals surface area contributed by atoms with E-state index < -0.39 is 12.1 Å². The fourth-order valence-electron chi connectivity index (χ4n) is 3.44. The lowest BCUT2D eigenvalue weighted by molar-refractivity contribution is 0.0696. The Hall–Kier alpha value is -3.91. The minimum Gasteiger partial charge on any atom is -0.478 e. The molecule has 0 atom stereocenters. The summed E-state index contributed by atoms with van der Waals surface area (Å²) in [6, 6.07) is 22.0. The van der Waals surface area contributed by atoms with Gasteiger partial charge in [-0.15, -0.1) is 0 Å². The molecule has 0 aliphatic carbocycles. The second-order valence-electron chi connectivity index (χ2n) is 7.63. The van der Waals surface area contributed by atoms with E-state index in [2.05, 4.69) is 26.4 Å². The summed E-state index contributed by atoms with van der Waals surface area (Å²) < 4.78 is 11.5. The van der Waals surface area contributed by atoms with E-state index in [0.29, 0.717) is 23.6 Å². The zero-order valence-electron chi connectivity index (χ0n) is 18.2. The van der Waals surface area contributed by atoms with Crippen molar-refractivity contribution in [3.05, 3.63) is 105 Å². The number of nitrogens with zero attached hydrogens (tertiary/aromatic N) is 1. The highest BCUT2D eigenvalue weighted by Gasteiger charge is 2.18. The first kappa shape index (κ1) is 23.3. The molecule has 1 aromatic heterocycles. The number of carboxylic acid groups (broad SMARTS) is 1. The van der Waals surface area contributed by atoms with Gasteiger partial charge in [0.05, 0.1) is 5.56 Å². The molecule has 0 spiro atoms. The molecule has 4 rings (SSSR count). The second kappa shape index (κ2) is 10.4. The van der Waals surface area contributed by atoms with Crippen molar-refractivity contribution in [3.8, 4) is 11.3 Å². The van der Waals surface area contributed by atoms with E-state index in [0.717, 1.165) is 26.7 Å². The largest absolute Gasteiger partial charge is 0.478 e. The minimum atomic E-state index is -0.950. The van der Waals surface area contributed by atoms with Gasteiger partial charge >= 0.3 is 12.1 Å². The first-order chi connectivity index (χ1) is 16.4. The maximum Gasteiger partial charge on any atom is 0.412 e. The average Bonchev–Trinajstić information content (AvgIpc) is 3.19.